The number of amides is 2. The molecular weight excluding hydrogens is 230 g/mol. The van der Waals surface area contributed by atoms with E-state index in [0.717, 1.165) is 13.0 Å². The highest BCUT2D eigenvalue weighted by atomic mass is 16.2. The van der Waals surface area contributed by atoms with Gasteiger partial charge >= 0.3 is 0 Å². The lowest BCUT2D eigenvalue weighted by atomic mass is 10.2. The number of nitrogens with zero attached hydrogens (tertiary/aromatic N) is 2. The first-order valence-electron chi connectivity index (χ1n) is 6.63. The summed E-state index contributed by atoms with van der Waals surface area (Å²) in [5, 5.41) is 3.21. The molecule has 1 atom stereocenters. The highest BCUT2D eigenvalue weighted by Gasteiger charge is 2.19. The van der Waals surface area contributed by atoms with Gasteiger partial charge in [0.15, 0.2) is 0 Å². The zero-order valence-electron chi connectivity index (χ0n) is 12.3. The van der Waals surface area contributed by atoms with Crippen LogP contribution in [0.25, 0.3) is 0 Å². The number of nitrogens with one attached hydrogen (secondary N) is 1. The molecule has 0 aliphatic carbocycles. The van der Waals surface area contributed by atoms with E-state index in [2.05, 4.69) is 5.32 Å². The van der Waals surface area contributed by atoms with Gasteiger partial charge in [0.05, 0.1) is 6.54 Å². The maximum absolute atomic E-state index is 12.1. The first kappa shape index (κ1) is 16.9. The first-order valence-corrected chi connectivity index (χ1v) is 6.63. The number of rotatable bonds is 8. The number of hydrogen-bond acceptors (Lipinski definition) is 3. The smallest absolute Gasteiger partial charge is 0.241 e. The van der Waals surface area contributed by atoms with E-state index < -0.39 is 0 Å². The van der Waals surface area contributed by atoms with Crippen LogP contribution in [0.5, 0.6) is 0 Å². The van der Waals surface area contributed by atoms with Crippen LogP contribution >= 0.6 is 0 Å². The van der Waals surface area contributed by atoms with E-state index in [1.165, 1.54) is 4.90 Å². The molecule has 0 bridgehead atoms. The Hall–Kier alpha value is -1.10. The Labute approximate surface area is 111 Å². The summed E-state index contributed by atoms with van der Waals surface area (Å²) in [4.78, 5) is 26.9. The Balaban J connectivity index is 4.39. The van der Waals surface area contributed by atoms with Crippen LogP contribution in [0.2, 0.25) is 0 Å². The Morgan fingerprint density at radius 2 is 1.78 bits per heavy atom. The molecule has 5 nitrogen and oxygen atoms in total. The number of hydrogen-bond donors (Lipinski definition) is 1. The fourth-order valence-electron chi connectivity index (χ4n) is 1.68. The second-order valence-electron chi connectivity index (χ2n) is 4.77. The average molecular weight is 257 g/mol. The Morgan fingerprint density at radius 3 is 2.22 bits per heavy atom. The van der Waals surface area contributed by atoms with Crippen LogP contribution in [0.4, 0.5) is 0 Å². The molecule has 0 saturated heterocycles. The van der Waals surface area contributed by atoms with E-state index in [1.807, 2.05) is 20.8 Å². The minimum absolute atomic E-state index is 0.0343. The van der Waals surface area contributed by atoms with Crippen LogP contribution in [-0.2, 0) is 9.59 Å². The normalized spacial score (nSPS) is 12.1. The van der Waals surface area contributed by atoms with Crippen LogP contribution in [0.15, 0.2) is 0 Å². The Bertz CT molecular complexity index is 267. The number of carbonyl (C=O) groups excluding carboxylic acids is 2. The van der Waals surface area contributed by atoms with Gasteiger partial charge in [0.25, 0.3) is 0 Å². The van der Waals surface area contributed by atoms with E-state index in [9.17, 15) is 9.59 Å². The van der Waals surface area contributed by atoms with Crippen molar-refractivity contribution < 1.29 is 9.59 Å². The van der Waals surface area contributed by atoms with E-state index in [-0.39, 0.29) is 24.4 Å². The van der Waals surface area contributed by atoms with Crippen molar-refractivity contribution in [2.75, 3.05) is 33.7 Å². The summed E-state index contributed by atoms with van der Waals surface area (Å²) in [6.07, 6.45) is 1.30. The average Bonchev–Trinajstić information content (AvgIpc) is 2.28. The second-order valence-corrected chi connectivity index (χ2v) is 4.77. The van der Waals surface area contributed by atoms with Gasteiger partial charge in [-0.2, -0.15) is 0 Å². The molecule has 0 rings (SSSR count). The zero-order chi connectivity index (χ0) is 14.1. The Kier molecular flexibility index (Phi) is 8.37. The van der Waals surface area contributed by atoms with Crippen LogP contribution in [0, 0.1) is 0 Å². The van der Waals surface area contributed by atoms with Crippen molar-refractivity contribution in [3.63, 3.8) is 0 Å². The van der Waals surface area contributed by atoms with Crippen LogP contribution < -0.4 is 5.32 Å². The van der Waals surface area contributed by atoms with Gasteiger partial charge in [-0.3, -0.25) is 9.59 Å². The second kappa shape index (κ2) is 8.91. The molecule has 0 spiro atoms. The molecule has 0 saturated carbocycles. The molecule has 0 aliphatic heterocycles. The molecule has 1 N–H and O–H groups in total. The van der Waals surface area contributed by atoms with Crippen molar-refractivity contribution in [2.45, 2.75) is 39.7 Å². The Morgan fingerprint density at radius 1 is 1.17 bits per heavy atom. The van der Waals surface area contributed by atoms with Crippen LogP contribution in [0.1, 0.15) is 33.6 Å². The summed E-state index contributed by atoms with van der Waals surface area (Å²) in [6, 6.07) is 0.149. The minimum atomic E-state index is -0.0343. The van der Waals surface area contributed by atoms with E-state index in [1.54, 1.807) is 19.0 Å². The molecule has 18 heavy (non-hydrogen) atoms. The lowest BCUT2D eigenvalue weighted by Gasteiger charge is -2.25. The summed E-state index contributed by atoms with van der Waals surface area (Å²) < 4.78 is 0. The van der Waals surface area contributed by atoms with Gasteiger partial charge in [-0.15, -0.1) is 0 Å². The summed E-state index contributed by atoms with van der Waals surface area (Å²) >= 11 is 0. The van der Waals surface area contributed by atoms with Crippen LogP contribution in [0.3, 0.4) is 0 Å². The third-order valence-electron chi connectivity index (χ3n) is 2.70. The predicted molar refractivity (Wildman–Crippen MR) is 73.3 cm³/mol. The van der Waals surface area contributed by atoms with Gasteiger partial charge in [-0.25, -0.2) is 0 Å². The summed E-state index contributed by atoms with van der Waals surface area (Å²) in [7, 11) is 3.41. The lowest BCUT2D eigenvalue weighted by Crippen LogP contribution is -2.43. The summed E-state index contributed by atoms with van der Waals surface area (Å²) in [5.41, 5.74) is 0. The maximum atomic E-state index is 12.1. The molecule has 5 heteroatoms. The fourth-order valence-corrected chi connectivity index (χ4v) is 1.68. The van der Waals surface area contributed by atoms with Crippen LogP contribution in [-0.4, -0.2) is 61.4 Å². The highest BCUT2D eigenvalue weighted by Crippen LogP contribution is 2.01. The molecule has 2 amide bonds. The van der Waals surface area contributed by atoms with Gasteiger partial charge in [0, 0.05) is 33.1 Å². The van der Waals surface area contributed by atoms with Gasteiger partial charge in [0.1, 0.15) is 0 Å². The largest absolute Gasteiger partial charge is 0.347 e. The van der Waals surface area contributed by atoms with Crippen molar-refractivity contribution in [1.82, 2.24) is 15.1 Å². The van der Waals surface area contributed by atoms with Crippen molar-refractivity contribution in [1.29, 1.82) is 0 Å². The molecule has 0 radical (unpaired) electrons. The van der Waals surface area contributed by atoms with Gasteiger partial charge in [-0.05, 0) is 19.9 Å². The quantitative estimate of drug-likeness (QED) is 0.696. The maximum Gasteiger partial charge on any atom is 0.241 e. The number of carbonyl (C=O) groups is 2. The first-order chi connectivity index (χ1) is 8.42. The number of likely N-dealkylation sites (N-methyl/N-ethyl adjacent to an activating group) is 1. The molecule has 0 heterocycles. The molecule has 106 valence electrons. The predicted octanol–water partition coefficient (Wildman–Crippen LogP) is 0.701. The SMILES string of the molecule is CCCN(CC(=O)N(C)C)C(=O)CC(C)NCC. The highest BCUT2D eigenvalue weighted by molar-refractivity contribution is 5.84. The molecule has 0 aromatic rings. The standard InChI is InChI=1S/C13H27N3O2/c1-6-8-16(10-13(18)15(4)5)12(17)9-11(3)14-7-2/h11,14H,6-10H2,1-5H3. The molecule has 0 aromatic heterocycles. The molecule has 0 fully saturated rings. The van der Waals surface area contributed by atoms with Gasteiger partial charge < -0.3 is 15.1 Å². The van der Waals surface area contributed by atoms with Crippen molar-refractivity contribution >= 4 is 11.8 Å². The topological polar surface area (TPSA) is 52.7 Å². The molecule has 1 unspecified atom stereocenters. The molecular formula is C13H27N3O2. The van der Waals surface area contributed by atoms with Crippen molar-refractivity contribution in [2.24, 2.45) is 0 Å². The third-order valence-corrected chi connectivity index (χ3v) is 2.70. The van der Waals surface area contributed by atoms with E-state index >= 15 is 0 Å². The fraction of sp³-hybridized carbons (Fsp3) is 0.846. The molecule has 0 aliphatic rings. The molecule has 0 aromatic carbocycles. The van der Waals surface area contributed by atoms with Gasteiger partial charge in [0.2, 0.25) is 11.8 Å². The third kappa shape index (κ3) is 6.59. The summed E-state index contributed by atoms with van der Waals surface area (Å²) in [6.45, 7) is 7.67. The lowest BCUT2D eigenvalue weighted by molar-refractivity contribution is -0.139. The van der Waals surface area contributed by atoms with Gasteiger partial charge in [-0.1, -0.05) is 13.8 Å². The monoisotopic (exact) mass is 257 g/mol. The van der Waals surface area contributed by atoms with Crippen molar-refractivity contribution in [3.8, 4) is 0 Å². The summed E-state index contributed by atoms with van der Waals surface area (Å²) in [5.74, 6) is 0.00778. The van der Waals surface area contributed by atoms with E-state index in [0.29, 0.717) is 13.0 Å². The van der Waals surface area contributed by atoms with E-state index in [4.69, 9.17) is 0 Å². The minimum Gasteiger partial charge on any atom is -0.347 e. The van der Waals surface area contributed by atoms with Crippen molar-refractivity contribution in [3.05, 3.63) is 0 Å². The zero-order valence-corrected chi connectivity index (χ0v) is 12.3.